The lowest BCUT2D eigenvalue weighted by atomic mass is 10.2. The lowest BCUT2D eigenvalue weighted by Crippen LogP contribution is -2.32. The molecule has 19 heavy (non-hydrogen) atoms. The third kappa shape index (κ3) is 4.53. The van der Waals surface area contributed by atoms with E-state index in [0.29, 0.717) is 5.56 Å². The second-order valence-corrected chi connectivity index (χ2v) is 6.47. The number of carbonyl (C=O) groups excluding carboxylic acids is 1. The molecule has 1 rings (SSSR count). The molecule has 0 aliphatic heterocycles. The summed E-state index contributed by atoms with van der Waals surface area (Å²) < 4.78 is 22.6. The van der Waals surface area contributed by atoms with Gasteiger partial charge in [-0.1, -0.05) is 0 Å². The normalized spacial score (nSPS) is 12.8. The highest BCUT2D eigenvalue weighted by atomic mass is 32.2. The summed E-state index contributed by atoms with van der Waals surface area (Å²) in [4.78, 5) is 11.7. The highest BCUT2D eigenvalue weighted by molar-refractivity contribution is 7.91. The second kappa shape index (κ2) is 6.53. The molecule has 6 nitrogen and oxygen atoms in total. The van der Waals surface area contributed by atoms with Gasteiger partial charge in [-0.25, -0.2) is 8.42 Å². The van der Waals surface area contributed by atoms with Gasteiger partial charge in [0.25, 0.3) is 5.91 Å². The topological polar surface area (TPSA) is 95.5 Å². The molecular weight excluding hydrogens is 268 g/mol. The van der Waals surface area contributed by atoms with Gasteiger partial charge in [-0.3, -0.25) is 4.79 Å². The van der Waals surface area contributed by atoms with E-state index in [1.807, 2.05) is 0 Å². The van der Waals surface area contributed by atoms with E-state index in [-0.39, 0.29) is 18.2 Å². The van der Waals surface area contributed by atoms with E-state index >= 15 is 0 Å². The fourth-order valence-electron chi connectivity index (χ4n) is 1.37. The number of amides is 1. The third-order valence-corrected chi connectivity index (χ3v) is 4.44. The van der Waals surface area contributed by atoms with Gasteiger partial charge in [0, 0.05) is 24.8 Å². The van der Waals surface area contributed by atoms with Gasteiger partial charge < -0.3 is 15.7 Å². The number of benzene rings is 1. The Balaban J connectivity index is 2.52. The van der Waals surface area contributed by atoms with Gasteiger partial charge in [-0.05, 0) is 31.2 Å². The maximum Gasteiger partial charge on any atom is 0.251 e. The van der Waals surface area contributed by atoms with Gasteiger partial charge >= 0.3 is 0 Å². The van der Waals surface area contributed by atoms with Crippen LogP contribution in [0.15, 0.2) is 24.3 Å². The fraction of sp³-hybridized carbons (Fsp3) is 0.417. The number of anilines is 1. The van der Waals surface area contributed by atoms with E-state index < -0.39 is 15.3 Å². The summed E-state index contributed by atoms with van der Waals surface area (Å²) in [6, 6.07) is 6.79. The van der Waals surface area contributed by atoms with Gasteiger partial charge in [-0.2, -0.15) is 0 Å². The number of aliphatic hydroxyl groups excluding tert-OH is 1. The Morgan fingerprint density at radius 2 is 1.89 bits per heavy atom. The van der Waals surface area contributed by atoms with Crippen molar-refractivity contribution in [2.24, 2.45) is 0 Å². The van der Waals surface area contributed by atoms with E-state index in [9.17, 15) is 13.2 Å². The van der Waals surface area contributed by atoms with Crippen molar-refractivity contribution >= 4 is 21.4 Å². The molecule has 7 heteroatoms. The number of hydrogen-bond donors (Lipinski definition) is 3. The maximum absolute atomic E-state index is 11.7. The number of hydrogen-bond acceptors (Lipinski definition) is 5. The van der Waals surface area contributed by atoms with Crippen LogP contribution in [0, 0.1) is 0 Å². The number of carbonyl (C=O) groups is 1. The van der Waals surface area contributed by atoms with Crippen LogP contribution >= 0.6 is 0 Å². The zero-order valence-corrected chi connectivity index (χ0v) is 11.7. The molecule has 0 saturated carbocycles. The van der Waals surface area contributed by atoms with Crippen molar-refractivity contribution in [1.82, 2.24) is 5.32 Å². The van der Waals surface area contributed by atoms with Gasteiger partial charge in [0.2, 0.25) is 0 Å². The minimum Gasteiger partial charge on any atom is -0.388 e. The second-order valence-electron chi connectivity index (χ2n) is 4.05. The molecular formula is C12H18N2O4S. The summed E-state index contributed by atoms with van der Waals surface area (Å²) in [5.74, 6) is -0.631. The molecule has 0 spiro atoms. The SMILES string of the molecule is CNc1ccc(C(=O)NCCS(=O)(=O)C(C)O)cc1. The minimum atomic E-state index is -3.56. The molecule has 0 radical (unpaired) electrons. The molecule has 0 bridgehead atoms. The number of rotatable bonds is 6. The summed E-state index contributed by atoms with van der Waals surface area (Å²) in [6.07, 6.45) is 0. The average molecular weight is 286 g/mol. The van der Waals surface area contributed by atoms with Crippen LogP contribution in [-0.4, -0.2) is 44.2 Å². The highest BCUT2D eigenvalue weighted by Crippen LogP contribution is 2.08. The molecule has 1 unspecified atom stereocenters. The smallest absolute Gasteiger partial charge is 0.251 e. The Morgan fingerprint density at radius 1 is 1.32 bits per heavy atom. The molecule has 1 aromatic rings. The molecule has 3 N–H and O–H groups in total. The third-order valence-electron chi connectivity index (χ3n) is 2.63. The van der Waals surface area contributed by atoms with E-state index in [1.165, 1.54) is 6.92 Å². The van der Waals surface area contributed by atoms with Gasteiger partial charge in [0.1, 0.15) is 0 Å². The summed E-state index contributed by atoms with van der Waals surface area (Å²) in [7, 11) is -1.78. The van der Waals surface area contributed by atoms with E-state index in [0.717, 1.165) is 5.69 Å². The van der Waals surface area contributed by atoms with Crippen molar-refractivity contribution < 1.29 is 18.3 Å². The van der Waals surface area contributed by atoms with Crippen LogP contribution in [0.25, 0.3) is 0 Å². The van der Waals surface area contributed by atoms with Gasteiger partial charge in [0.15, 0.2) is 15.3 Å². The Morgan fingerprint density at radius 3 is 2.37 bits per heavy atom. The van der Waals surface area contributed by atoms with E-state index in [2.05, 4.69) is 10.6 Å². The molecule has 0 fully saturated rings. The zero-order valence-electron chi connectivity index (χ0n) is 10.9. The maximum atomic E-state index is 11.7. The number of aliphatic hydroxyl groups is 1. The van der Waals surface area contributed by atoms with Crippen LogP contribution in [0.1, 0.15) is 17.3 Å². The monoisotopic (exact) mass is 286 g/mol. The predicted molar refractivity (Wildman–Crippen MR) is 73.8 cm³/mol. The van der Waals surface area contributed by atoms with Crippen LogP contribution < -0.4 is 10.6 Å². The summed E-state index contributed by atoms with van der Waals surface area (Å²) in [5.41, 5.74) is -0.0824. The molecule has 0 aromatic heterocycles. The van der Waals surface area contributed by atoms with Gasteiger partial charge in [-0.15, -0.1) is 0 Å². The summed E-state index contributed by atoms with van der Waals surface area (Å²) in [6.45, 7) is 1.16. The van der Waals surface area contributed by atoms with Crippen LogP contribution in [-0.2, 0) is 9.84 Å². The van der Waals surface area contributed by atoms with Crippen LogP contribution in [0.5, 0.6) is 0 Å². The first-order chi connectivity index (χ1) is 8.86. The molecule has 0 aliphatic carbocycles. The van der Waals surface area contributed by atoms with E-state index in [1.54, 1.807) is 31.3 Å². The molecule has 1 atom stereocenters. The molecule has 106 valence electrons. The highest BCUT2D eigenvalue weighted by Gasteiger charge is 2.17. The zero-order chi connectivity index (χ0) is 14.5. The lowest BCUT2D eigenvalue weighted by Gasteiger charge is -2.08. The molecule has 1 aromatic carbocycles. The number of sulfone groups is 1. The Labute approximate surface area is 112 Å². The Hall–Kier alpha value is -1.60. The first-order valence-corrected chi connectivity index (χ1v) is 7.54. The van der Waals surface area contributed by atoms with E-state index in [4.69, 9.17) is 5.11 Å². The van der Waals surface area contributed by atoms with Crippen molar-refractivity contribution in [2.75, 3.05) is 24.7 Å². The van der Waals surface area contributed by atoms with Crippen molar-refractivity contribution in [2.45, 2.75) is 12.4 Å². The van der Waals surface area contributed by atoms with Gasteiger partial charge in [0.05, 0.1) is 5.75 Å². The molecule has 0 heterocycles. The van der Waals surface area contributed by atoms with Crippen molar-refractivity contribution in [3.63, 3.8) is 0 Å². The standard InChI is InChI=1S/C12H18N2O4S/c1-9(15)19(17,18)8-7-14-12(16)10-3-5-11(13-2)6-4-10/h3-6,9,13,15H,7-8H2,1-2H3,(H,14,16). The van der Waals surface area contributed by atoms with Crippen molar-refractivity contribution in [3.8, 4) is 0 Å². The average Bonchev–Trinajstić information content (AvgIpc) is 2.38. The largest absolute Gasteiger partial charge is 0.388 e. The number of nitrogens with one attached hydrogen (secondary N) is 2. The molecule has 0 aliphatic rings. The summed E-state index contributed by atoms with van der Waals surface area (Å²) >= 11 is 0. The molecule has 1 amide bonds. The quantitative estimate of drug-likeness (QED) is 0.695. The first kappa shape index (κ1) is 15.5. The fourth-order valence-corrected chi connectivity index (χ4v) is 2.10. The Kier molecular flexibility index (Phi) is 5.31. The van der Waals surface area contributed by atoms with Crippen LogP contribution in [0.2, 0.25) is 0 Å². The predicted octanol–water partition coefficient (Wildman–Crippen LogP) is 0.211. The van der Waals surface area contributed by atoms with Crippen LogP contribution in [0.4, 0.5) is 5.69 Å². The minimum absolute atomic E-state index is 0.0279. The van der Waals surface area contributed by atoms with Crippen molar-refractivity contribution in [1.29, 1.82) is 0 Å². The Bertz CT molecular complexity index is 523. The first-order valence-electron chi connectivity index (χ1n) is 5.82. The van der Waals surface area contributed by atoms with Crippen LogP contribution in [0.3, 0.4) is 0 Å². The van der Waals surface area contributed by atoms with Crippen molar-refractivity contribution in [3.05, 3.63) is 29.8 Å². The lowest BCUT2D eigenvalue weighted by molar-refractivity contribution is 0.0956. The molecule has 0 saturated heterocycles. The summed E-state index contributed by atoms with van der Waals surface area (Å²) in [5, 5.41) is 14.4.